The average Bonchev–Trinajstić information content (AvgIpc) is 3.21. The number of hydrogen-bond acceptors (Lipinski definition) is 3. The Hall–Kier alpha value is -2.66. The molecule has 0 unspecified atom stereocenters. The van der Waals surface area contributed by atoms with Crippen LogP contribution in [0.15, 0.2) is 48.5 Å². The Kier molecular flexibility index (Phi) is 6.60. The molecular weight excluding hydrogens is 338 g/mol. The van der Waals surface area contributed by atoms with Gasteiger partial charge in [0.15, 0.2) is 0 Å². The fourth-order valence-corrected chi connectivity index (χ4v) is 3.22. The van der Waals surface area contributed by atoms with Crippen molar-refractivity contribution < 1.29 is 9.59 Å². The van der Waals surface area contributed by atoms with Crippen LogP contribution in [0.2, 0.25) is 0 Å². The van der Waals surface area contributed by atoms with E-state index in [1.165, 1.54) is 0 Å². The number of amides is 2. The van der Waals surface area contributed by atoms with E-state index < -0.39 is 0 Å². The average molecular weight is 365 g/mol. The lowest BCUT2D eigenvalue weighted by atomic mass is 10.1. The third-order valence-electron chi connectivity index (χ3n) is 4.80. The lowest BCUT2D eigenvalue weighted by Crippen LogP contribution is -2.30. The van der Waals surface area contributed by atoms with Crippen molar-refractivity contribution in [3.63, 3.8) is 0 Å². The van der Waals surface area contributed by atoms with Crippen LogP contribution in [0.5, 0.6) is 0 Å². The molecule has 0 atom stereocenters. The zero-order valence-corrected chi connectivity index (χ0v) is 15.8. The topological polar surface area (TPSA) is 61.4 Å². The van der Waals surface area contributed by atoms with E-state index in [4.69, 9.17) is 0 Å². The van der Waals surface area contributed by atoms with E-state index in [1.807, 2.05) is 60.4 Å². The summed E-state index contributed by atoms with van der Waals surface area (Å²) < 4.78 is 0. The second-order valence-electron chi connectivity index (χ2n) is 7.04. The molecule has 27 heavy (non-hydrogen) atoms. The minimum Gasteiger partial charge on any atom is -0.343 e. The molecular formula is C22H27N3O2. The first-order valence-electron chi connectivity index (χ1n) is 9.57. The van der Waals surface area contributed by atoms with Gasteiger partial charge in [0, 0.05) is 43.9 Å². The van der Waals surface area contributed by atoms with Gasteiger partial charge in [-0.05, 0) is 49.6 Å². The van der Waals surface area contributed by atoms with Gasteiger partial charge in [0.25, 0.3) is 5.91 Å². The number of hydrogen-bond donors (Lipinski definition) is 2. The Morgan fingerprint density at radius 2 is 1.78 bits per heavy atom. The molecule has 142 valence electrons. The van der Waals surface area contributed by atoms with E-state index in [0.717, 1.165) is 42.7 Å². The molecule has 1 aliphatic rings. The Labute approximate surface area is 160 Å². The van der Waals surface area contributed by atoms with Crippen LogP contribution in [-0.2, 0) is 11.3 Å². The Bertz CT molecular complexity index is 780. The van der Waals surface area contributed by atoms with Gasteiger partial charge >= 0.3 is 0 Å². The fraction of sp³-hybridized carbons (Fsp3) is 0.364. The molecule has 0 aliphatic carbocycles. The molecule has 2 aromatic rings. The highest BCUT2D eigenvalue weighted by Crippen LogP contribution is 2.13. The number of nitrogens with one attached hydrogen (secondary N) is 2. The van der Waals surface area contributed by atoms with Crippen molar-refractivity contribution in [3.8, 4) is 0 Å². The SMILES string of the molecule is Cc1ccc(C(=O)Nc2cccc(CNCCC(=O)N3CCCC3)c2)cc1. The van der Waals surface area contributed by atoms with E-state index in [1.54, 1.807) is 0 Å². The summed E-state index contributed by atoms with van der Waals surface area (Å²) in [6, 6.07) is 15.3. The molecule has 1 saturated heterocycles. The number of carbonyl (C=O) groups excluding carboxylic acids is 2. The van der Waals surface area contributed by atoms with Crippen molar-refractivity contribution >= 4 is 17.5 Å². The van der Waals surface area contributed by atoms with E-state index in [-0.39, 0.29) is 11.8 Å². The summed E-state index contributed by atoms with van der Waals surface area (Å²) in [5.41, 5.74) is 3.62. The quantitative estimate of drug-likeness (QED) is 0.740. The van der Waals surface area contributed by atoms with E-state index in [2.05, 4.69) is 10.6 Å². The highest BCUT2D eigenvalue weighted by molar-refractivity contribution is 6.04. The largest absolute Gasteiger partial charge is 0.343 e. The van der Waals surface area contributed by atoms with Crippen LogP contribution in [-0.4, -0.2) is 36.3 Å². The minimum absolute atomic E-state index is 0.115. The molecule has 0 aromatic heterocycles. The molecule has 3 rings (SSSR count). The van der Waals surface area contributed by atoms with Crippen LogP contribution >= 0.6 is 0 Å². The summed E-state index contributed by atoms with van der Waals surface area (Å²) in [4.78, 5) is 26.3. The summed E-state index contributed by atoms with van der Waals surface area (Å²) >= 11 is 0. The third kappa shape index (κ3) is 5.66. The van der Waals surface area contributed by atoms with Crippen molar-refractivity contribution in [2.24, 2.45) is 0 Å². The van der Waals surface area contributed by atoms with Gasteiger partial charge < -0.3 is 15.5 Å². The molecule has 2 N–H and O–H groups in total. The molecule has 2 aromatic carbocycles. The highest BCUT2D eigenvalue weighted by atomic mass is 16.2. The highest BCUT2D eigenvalue weighted by Gasteiger charge is 2.16. The zero-order valence-electron chi connectivity index (χ0n) is 15.8. The molecule has 0 bridgehead atoms. The van der Waals surface area contributed by atoms with Gasteiger partial charge in [-0.25, -0.2) is 0 Å². The van der Waals surface area contributed by atoms with Crippen LogP contribution < -0.4 is 10.6 Å². The number of benzene rings is 2. The van der Waals surface area contributed by atoms with E-state index in [9.17, 15) is 9.59 Å². The molecule has 2 amide bonds. The van der Waals surface area contributed by atoms with E-state index in [0.29, 0.717) is 25.1 Å². The summed E-state index contributed by atoms with van der Waals surface area (Å²) in [5.74, 6) is 0.121. The Morgan fingerprint density at radius 3 is 2.52 bits per heavy atom. The predicted octanol–water partition coefficient (Wildman–Crippen LogP) is 3.35. The van der Waals surface area contributed by atoms with Crippen molar-refractivity contribution in [1.82, 2.24) is 10.2 Å². The first kappa shape index (κ1) is 19.1. The van der Waals surface area contributed by atoms with Crippen LogP contribution in [0.25, 0.3) is 0 Å². The monoisotopic (exact) mass is 365 g/mol. The van der Waals surface area contributed by atoms with Crippen molar-refractivity contribution in [3.05, 3.63) is 65.2 Å². The van der Waals surface area contributed by atoms with Gasteiger partial charge in [-0.1, -0.05) is 29.8 Å². The number of likely N-dealkylation sites (tertiary alicyclic amines) is 1. The first-order chi connectivity index (χ1) is 13.1. The Morgan fingerprint density at radius 1 is 1.04 bits per heavy atom. The number of anilines is 1. The molecule has 0 saturated carbocycles. The van der Waals surface area contributed by atoms with Crippen LogP contribution in [0.1, 0.15) is 40.7 Å². The van der Waals surface area contributed by atoms with Gasteiger partial charge in [-0.2, -0.15) is 0 Å². The molecule has 5 nitrogen and oxygen atoms in total. The normalized spacial score (nSPS) is 13.6. The van der Waals surface area contributed by atoms with Gasteiger partial charge in [0.05, 0.1) is 0 Å². The molecule has 1 fully saturated rings. The molecule has 1 heterocycles. The predicted molar refractivity (Wildman–Crippen MR) is 108 cm³/mol. The molecule has 0 spiro atoms. The molecule has 1 aliphatic heterocycles. The second-order valence-corrected chi connectivity index (χ2v) is 7.04. The van der Waals surface area contributed by atoms with Crippen LogP contribution in [0, 0.1) is 6.92 Å². The van der Waals surface area contributed by atoms with Crippen LogP contribution in [0.3, 0.4) is 0 Å². The Balaban J connectivity index is 1.46. The van der Waals surface area contributed by atoms with Gasteiger partial charge in [0.1, 0.15) is 0 Å². The number of rotatable bonds is 7. The number of nitrogens with zero attached hydrogens (tertiary/aromatic N) is 1. The van der Waals surface area contributed by atoms with Crippen molar-refractivity contribution in [1.29, 1.82) is 0 Å². The molecule has 0 radical (unpaired) electrons. The summed E-state index contributed by atoms with van der Waals surface area (Å²) in [6.45, 7) is 5.14. The summed E-state index contributed by atoms with van der Waals surface area (Å²) in [7, 11) is 0. The van der Waals surface area contributed by atoms with Crippen molar-refractivity contribution in [2.45, 2.75) is 32.7 Å². The second kappa shape index (κ2) is 9.33. The standard InChI is InChI=1S/C22H27N3O2/c1-17-7-9-19(10-8-17)22(27)24-20-6-4-5-18(15-20)16-23-12-11-21(26)25-13-2-3-14-25/h4-10,15,23H,2-3,11-14,16H2,1H3,(H,24,27). The fourth-order valence-electron chi connectivity index (χ4n) is 3.22. The maximum absolute atomic E-state index is 12.3. The smallest absolute Gasteiger partial charge is 0.255 e. The summed E-state index contributed by atoms with van der Waals surface area (Å²) in [5, 5.41) is 6.25. The van der Waals surface area contributed by atoms with E-state index >= 15 is 0 Å². The first-order valence-corrected chi connectivity index (χ1v) is 9.57. The maximum atomic E-state index is 12.3. The van der Waals surface area contributed by atoms with Crippen molar-refractivity contribution in [2.75, 3.05) is 25.0 Å². The maximum Gasteiger partial charge on any atom is 0.255 e. The minimum atomic E-state index is -0.115. The van der Waals surface area contributed by atoms with Gasteiger partial charge in [-0.15, -0.1) is 0 Å². The number of carbonyl (C=O) groups is 2. The molecule has 5 heteroatoms. The van der Waals surface area contributed by atoms with Gasteiger partial charge in [0.2, 0.25) is 5.91 Å². The van der Waals surface area contributed by atoms with Crippen LogP contribution in [0.4, 0.5) is 5.69 Å². The lowest BCUT2D eigenvalue weighted by molar-refractivity contribution is -0.130. The lowest BCUT2D eigenvalue weighted by Gasteiger charge is -2.15. The number of aryl methyl sites for hydroxylation is 1. The summed E-state index contributed by atoms with van der Waals surface area (Å²) in [6.07, 6.45) is 2.78. The van der Waals surface area contributed by atoms with Gasteiger partial charge in [-0.3, -0.25) is 9.59 Å². The third-order valence-corrected chi connectivity index (χ3v) is 4.80. The zero-order chi connectivity index (χ0) is 19.1.